The van der Waals surface area contributed by atoms with E-state index >= 15 is 0 Å². The van der Waals surface area contributed by atoms with Gasteiger partial charge in [-0.2, -0.15) is 23.4 Å². The highest BCUT2D eigenvalue weighted by Gasteiger charge is 2.40. The third kappa shape index (κ3) is 7.46. The molecule has 3 atom stereocenters. The molecule has 2 saturated carbocycles. The maximum absolute atomic E-state index is 14.0. The van der Waals surface area contributed by atoms with E-state index in [4.69, 9.17) is 0 Å². The van der Waals surface area contributed by atoms with Gasteiger partial charge in [-0.15, -0.1) is 0 Å². The van der Waals surface area contributed by atoms with Gasteiger partial charge in [-0.1, -0.05) is 0 Å². The van der Waals surface area contributed by atoms with Crippen molar-refractivity contribution in [1.82, 2.24) is 40.0 Å². The van der Waals surface area contributed by atoms with Gasteiger partial charge >= 0.3 is 6.18 Å². The predicted molar refractivity (Wildman–Crippen MR) is 140 cm³/mol. The molecule has 0 spiro atoms. The van der Waals surface area contributed by atoms with Gasteiger partial charge in [0.25, 0.3) is 12.3 Å². The summed E-state index contributed by atoms with van der Waals surface area (Å²) in [7, 11) is 0. The Kier molecular flexibility index (Phi) is 8.84. The number of amides is 2. The van der Waals surface area contributed by atoms with Crippen LogP contribution in [0, 0.1) is 11.8 Å². The van der Waals surface area contributed by atoms with Gasteiger partial charge in [0.1, 0.15) is 12.4 Å². The molecular weight excluding hydrogens is 601 g/mol. The lowest BCUT2D eigenvalue weighted by Gasteiger charge is -2.33. The quantitative estimate of drug-likeness (QED) is 0.275. The van der Waals surface area contributed by atoms with Crippen LogP contribution in [0.5, 0.6) is 0 Å². The standard InChI is InChI=1S/C27H31F7N8O2/c1-14(23(28)29)42-24(35-13-37-42)25(44)40-22(16-4-7-26(30,31)8-5-16)18-12-41-19(38-18)10-17(11-36-41)21(15-2-3-15)39-20(43)6-9-27(32,33)34/h10-16,21-23H,2-9H2,1H3,(H,39,43)(H,40,44)/t14?,21-,22+/m1/s1. The van der Waals surface area contributed by atoms with Crippen molar-refractivity contribution in [3.8, 4) is 0 Å². The smallest absolute Gasteiger partial charge is 0.349 e. The van der Waals surface area contributed by atoms with Gasteiger partial charge in [-0.05, 0) is 56.1 Å². The first-order chi connectivity index (χ1) is 20.7. The van der Waals surface area contributed by atoms with Crippen molar-refractivity contribution in [2.75, 3.05) is 0 Å². The topological polar surface area (TPSA) is 119 Å². The molecule has 17 heteroatoms. The van der Waals surface area contributed by atoms with Gasteiger partial charge in [-0.25, -0.2) is 36.7 Å². The number of aromatic nitrogens is 6. The normalized spacial score (nSPS) is 19.6. The fourth-order valence-electron chi connectivity index (χ4n) is 5.49. The average Bonchev–Trinajstić information content (AvgIpc) is 3.51. The van der Waals surface area contributed by atoms with Crippen molar-refractivity contribution in [3.63, 3.8) is 0 Å². The molecule has 0 radical (unpaired) electrons. The Morgan fingerprint density at radius 3 is 2.36 bits per heavy atom. The lowest BCUT2D eigenvalue weighted by molar-refractivity contribution is -0.144. The van der Waals surface area contributed by atoms with Crippen molar-refractivity contribution in [1.29, 1.82) is 0 Å². The number of fused-ring (bicyclic) bond motifs is 1. The number of carbonyl (C=O) groups is 2. The summed E-state index contributed by atoms with van der Waals surface area (Å²) >= 11 is 0. The Morgan fingerprint density at radius 1 is 1.05 bits per heavy atom. The number of halogens is 7. The molecule has 0 saturated heterocycles. The molecule has 2 fully saturated rings. The van der Waals surface area contributed by atoms with Crippen molar-refractivity contribution in [3.05, 3.63) is 41.9 Å². The zero-order valence-corrected chi connectivity index (χ0v) is 23.6. The van der Waals surface area contributed by atoms with E-state index in [2.05, 4.69) is 30.8 Å². The fourth-order valence-corrected chi connectivity index (χ4v) is 5.49. The van der Waals surface area contributed by atoms with Gasteiger partial charge in [0.15, 0.2) is 5.65 Å². The third-order valence-corrected chi connectivity index (χ3v) is 8.13. The molecule has 2 amide bonds. The second kappa shape index (κ2) is 12.3. The van der Waals surface area contributed by atoms with Gasteiger partial charge in [0, 0.05) is 19.3 Å². The monoisotopic (exact) mass is 632 g/mol. The Hall–Kier alpha value is -3.79. The van der Waals surface area contributed by atoms with Crippen LogP contribution in [0.15, 0.2) is 24.8 Å². The van der Waals surface area contributed by atoms with E-state index in [1.165, 1.54) is 23.8 Å². The van der Waals surface area contributed by atoms with Gasteiger partial charge in [0.05, 0.1) is 36.6 Å². The summed E-state index contributed by atoms with van der Waals surface area (Å²) < 4.78 is 94.7. The molecule has 240 valence electrons. The first kappa shape index (κ1) is 31.6. The minimum Gasteiger partial charge on any atom is -0.349 e. The third-order valence-electron chi connectivity index (χ3n) is 8.13. The van der Waals surface area contributed by atoms with Crippen LogP contribution in [-0.2, 0) is 4.79 Å². The number of alkyl halides is 7. The summed E-state index contributed by atoms with van der Waals surface area (Å²) in [6, 6.07) is -1.31. The van der Waals surface area contributed by atoms with Crippen LogP contribution in [-0.4, -0.2) is 59.7 Å². The van der Waals surface area contributed by atoms with Crippen molar-refractivity contribution >= 4 is 17.5 Å². The van der Waals surface area contributed by atoms with Crippen molar-refractivity contribution in [2.45, 2.75) is 94.9 Å². The first-order valence-electron chi connectivity index (χ1n) is 14.3. The molecule has 10 nitrogen and oxygen atoms in total. The molecule has 2 N–H and O–H groups in total. The van der Waals surface area contributed by atoms with E-state index in [1.807, 2.05) is 0 Å². The highest BCUT2D eigenvalue weighted by molar-refractivity contribution is 5.91. The van der Waals surface area contributed by atoms with Gasteiger partial charge < -0.3 is 10.6 Å². The number of nitrogens with zero attached hydrogens (tertiary/aromatic N) is 6. The summed E-state index contributed by atoms with van der Waals surface area (Å²) in [5.74, 6) is -5.25. The van der Waals surface area contributed by atoms with Crippen LogP contribution in [0.4, 0.5) is 30.7 Å². The Morgan fingerprint density at radius 2 is 1.73 bits per heavy atom. The minimum atomic E-state index is -4.46. The second-order valence-corrected chi connectivity index (χ2v) is 11.5. The van der Waals surface area contributed by atoms with Crippen LogP contribution in [0.1, 0.15) is 98.3 Å². The zero-order valence-electron chi connectivity index (χ0n) is 23.6. The van der Waals surface area contributed by atoms with Crippen LogP contribution < -0.4 is 10.6 Å². The Balaban J connectivity index is 1.41. The SMILES string of the molecule is CC(C(F)F)n1ncnc1C(=O)N[C@H](c1cn2ncc([C@H](NC(=O)CCC(F)(F)F)C3CC3)cc2n1)C1CCC(F)(F)CC1. The predicted octanol–water partition coefficient (Wildman–Crippen LogP) is 5.35. The molecule has 2 aliphatic rings. The number of hydrogen-bond acceptors (Lipinski definition) is 6. The summed E-state index contributed by atoms with van der Waals surface area (Å²) in [5, 5.41) is 13.5. The largest absolute Gasteiger partial charge is 0.389 e. The molecule has 0 aliphatic heterocycles. The molecule has 3 heterocycles. The lowest BCUT2D eigenvalue weighted by atomic mass is 9.81. The van der Waals surface area contributed by atoms with Gasteiger partial charge in [0.2, 0.25) is 17.7 Å². The van der Waals surface area contributed by atoms with Crippen molar-refractivity contribution < 1.29 is 40.3 Å². The molecular formula is C27H31F7N8O2. The maximum atomic E-state index is 14.0. The Bertz CT molecular complexity index is 1480. The van der Waals surface area contributed by atoms with E-state index in [9.17, 15) is 40.3 Å². The molecule has 44 heavy (non-hydrogen) atoms. The maximum Gasteiger partial charge on any atom is 0.389 e. The number of imidazole rings is 1. The first-order valence-corrected chi connectivity index (χ1v) is 14.3. The van der Waals surface area contributed by atoms with E-state index in [-0.39, 0.29) is 30.3 Å². The molecule has 3 aromatic rings. The summed E-state index contributed by atoms with van der Waals surface area (Å²) in [6.07, 6.45) is -4.46. The van der Waals surface area contributed by atoms with Crippen LogP contribution in [0.3, 0.4) is 0 Å². The lowest BCUT2D eigenvalue weighted by Crippen LogP contribution is -2.38. The molecule has 3 aromatic heterocycles. The average molecular weight is 633 g/mol. The summed E-state index contributed by atoms with van der Waals surface area (Å²) in [4.78, 5) is 34.0. The number of hydrogen-bond donors (Lipinski definition) is 2. The Labute approximate surface area is 246 Å². The molecule has 0 aromatic carbocycles. The second-order valence-electron chi connectivity index (χ2n) is 11.5. The van der Waals surface area contributed by atoms with E-state index in [0.717, 1.165) is 23.9 Å². The molecule has 0 bridgehead atoms. The molecule has 2 aliphatic carbocycles. The number of rotatable bonds is 11. The molecule has 5 rings (SSSR count). The van der Waals surface area contributed by atoms with Crippen LogP contribution >= 0.6 is 0 Å². The highest BCUT2D eigenvalue weighted by Crippen LogP contribution is 2.43. The minimum absolute atomic E-state index is 0.0208. The fraction of sp³-hybridized carbons (Fsp3) is 0.630. The summed E-state index contributed by atoms with van der Waals surface area (Å²) in [6.45, 7) is 1.18. The summed E-state index contributed by atoms with van der Waals surface area (Å²) in [5.41, 5.74) is 1.11. The molecule has 1 unspecified atom stereocenters. The number of carbonyl (C=O) groups excluding carboxylic acids is 2. The van der Waals surface area contributed by atoms with Crippen LogP contribution in [0.2, 0.25) is 0 Å². The van der Waals surface area contributed by atoms with Gasteiger partial charge in [-0.3, -0.25) is 9.59 Å². The van der Waals surface area contributed by atoms with E-state index in [0.29, 0.717) is 11.2 Å². The van der Waals surface area contributed by atoms with Crippen molar-refractivity contribution in [2.24, 2.45) is 11.8 Å². The van der Waals surface area contributed by atoms with E-state index < -0.39 is 80.1 Å². The van der Waals surface area contributed by atoms with E-state index in [1.54, 1.807) is 6.07 Å². The number of nitrogens with one attached hydrogen (secondary N) is 2. The highest BCUT2D eigenvalue weighted by atomic mass is 19.4. The van der Waals surface area contributed by atoms with Crippen LogP contribution in [0.25, 0.3) is 5.65 Å². The zero-order chi connectivity index (χ0) is 31.8.